The second-order valence-corrected chi connectivity index (χ2v) is 10.9. The van der Waals surface area contributed by atoms with Gasteiger partial charge in [0.05, 0.1) is 0 Å². The van der Waals surface area contributed by atoms with Crippen LogP contribution in [0.15, 0.2) is 30.3 Å². The van der Waals surface area contributed by atoms with Crippen molar-refractivity contribution >= 4 is 41.4 Å². The van der Waals surface area contributed by atoms with Crippen LogP contribution in [0.2, 0.25) is 0 Å². The average Bonchev–Trinajstić information content (AvgIpc) is 3.10. The number of amides is 6. The molecular formula is C23H27N5O7S-2. The summed E-state index contributed by atoms with van der Waals surface area (Å²) in [4.78, 5) is 71.4. The van der Waals surface area contributed by atoms with Crippen molar-refractivity contribution in [2.24, 2.45) is 0 Å². The van der Waals surface area contributed by atoms with Crippen molar-refractivity contribution in [3.8, 4) is 0 Å². The van der Waals surface area contributed by atoms with Crippen LogP contribution in [0.1, 0.15) is 32.4 Å². The molecule has 0 saturated carbocycles. The number of piperazine rings is 1. The molecule has 1 aromatic carbocycles. The summed E-state index contributed by atoms with van der Waals surface area (Å²) in [6.45, 7) is 7.07. The largest absolute Gasteiger partial charge is 0.759 e. The highest BCUT2D eigenvalue weighted by atomic mass is 32.2. The van der Waals surface area contributed by atoms with Gasteiger partial charge in [-0.05, 0) is 12.5 Å². The summed E-state index contributed by atoms with van der Waals surface area (Å²) >= 11 is 1.42. The zero-order valence-electron chi connectivity index (χ0n) is 20.0. The summed E-state index contributed by atoms with van der Waals surface area (Å²) in [6, 6.07) is 4.85. The Labute approximate surface area is 212 Å². The van der Waals surface area contributed by atoms with E-state index in [9.17, 15) is 29.2 Å². The number of carbonyl (C=O) groups excluding carboxylic acids is 5. The Bertz CT molecular complexity index is 1070. The predicted octanol–water partition coefficient (Wildman–Crippen LogP) is -0.871. The van der Waals surface area contributed by atoms with Crippen LogP contribution in [0.3, 0.4) is 0 Å². The summed E-state index contributed by atoms with van der Waals surface area (Å²) < 4.78 is -0.509. The fourth-order valence-electron chi connectivity index (χ4n) is 4.59. The van der Waals surface area contributed by atoms with Crippen LogP contribution in [0.4, 0.5) is 4.79 Å². The van der Waals surface area contributed by atoms with Gasteiger partial charge in [-0.25, -0.2) is 11.4 Å². The van der Waals surface area contributed by atoms with Crippen molar-refractivity contribution < 1.29 is 34.1 Å². The Morgan fingerprint density at radius 3 is 2.53 bits per heavy atom. The molecule has 6 amide bonds. The fraction of sp³-hybridized carbons (Fsp3) is 0.478. The molecule has 36 heavy (non-hydrogen) atoms. The first-order chi connectivity index (χ1) is 17.1. The summed E-state index contributed by atoms with van der Waals surface area (Å²) in [5, 5.41) is 15.5. The molecule has 0 bridgehead atoms. The molecule has 2 N–H and O–H groups in total. The number of benzene rings is 1. The number of carbonyl (C=O) groups is 5. The quantitative estimate of drug-likeness (QED) is 0.156. The number of rotatable bonds is 7. The second kappa shape index (κ2) is 10.1. The van der Waals surface area contributed by atoms with E-state index in [2.05, 4.69) is 15.5 Å². The Morgan fingerprint density at radius 1 is 1.19 bits per heavy atom. The maximum atomic E-state index is 13.3. The number of nitrogens with zero attached hydrogens (tertiary/aromatic N) is 3. The van der Waals surface area contributed by atoms with Crippen molar-refractivity contribution in [1.29, 1.82) is 0 Å². The first-order valence-electron chi connectivity index (χ1n) is 11.5. The first-order valence-corrected chi connectivity index (χ1v) is 12.4. The number of hydrogen-bond acceptors (Lipinski definition) is 8. The Kier molecular flexibility index (Phi) is 7.25. The summed E-state index contributed by atoms with van der Waals surface area (Å²) in [5.41, 5.74) is 0.434. The molecule has 0 radical (unpaired) electrons. The normalized spacial score (nSPS) is 25.8. The number of thioether (sulfide) groups is 1. The van der Waals surface area contributed by atoms with Gasteiger partial charge < -0.3 is 30.6 Å². The Hall–Kier alpha value is -3.16. The molecule has 3 saturated heterocycles. The maximum absolute atomic E-state index is 13.3. The van der Waals surface area contributed by atoms with E-state index in [1.165, 1.54) is 21.6 Å². The lowest BCUT2D eigenvalue weighted by Gasteiger charge is -2.49. The molecule has 0 spiro atoms. The molecule has 3 fully saturated rings. The van der Waals surface area contributed by atoms with Crippen LogP contribution < -0.4 is 15.9 Å². The molecule has 0 aliphatic carbocycles. The van der Waals surface area contributed by atoms with Crippen LogP contribution in [0.25, 0.3) is 0 Å². The monoisotopic (exact) mass is 517 g/mol. The van der Waals surface area contributed by atoms with Crippen molar-refractivity contribution in [1.82, 2.24) is 25.3 Å². The van der Waals surface area contributed by atoms with Crippen molar-refractivity contribution in [3.63, 3.8) is 0 Å². The van der Waals surface area contributed by atoms with Gasteiger partial charge in [-0.3, -0.25) is 24.1 Å². The molecular weight excluding hydrogens is 490 g/mol. The van der Waals surface area contributed by atoms with E-state index in [-0.39, 0.29) is 19.0 Å². The minimum Gasteiger partial charge on any atom is -0.759 e. The van der Waals surface area contributed by atoms with Gasteiger partial charge in [0.2, 0.25) is 11.8 Å². The highest BCUT2D eigenvalue weighted by Crippen LogP contribution is 2.51. The number of imide groups is 1. The predicted molar refractivity (Wildman–Crippen MR) is 125 cm³/mol. The van der Waals surface area contributed by atoms with Gasteiger partial charge in [-0.1, -0.05) is 50.2 Å². The first kappa shape index (κ1) is 25.9. The van der Waals surface area contributed by atoms with Gasteiger partial charge >= 0.3 is 17.8 Å². The Balaban J connectivity index is 1.49. The third kappa shape index (κ3) is 4.53. The number of urea groups is 1. The average molecular weight is 518 g/mol. The lowest BCUT2D eigenvalue weighted by molar-refractivity contribution is -0.676. The molecule has 4 rings (SSSR count). The van der Waals surface area contributed by atoms with E-state index in [4.69, 9.17) is 0 Å². The molecule has 2 unspecified atom stereocenters. The molecule has 4 atom stereocenters. The topological polar surface area (TPSA) is 151 Å². The summed E-state index contributed by atoms with van der Waals surface area (Å²) in [6.07, 6.45) is 0. The maximum Gasteiger partial charge on any atom is 0.325 e. The molecule has 1 aromatic rings. The standard InChI is InChI=1S/C23H28N5O7S/c1-4-26-10-11-27(20(32)19(26)31)22(33)25-15(13-8-6-5-7-9-13)17(29)24-16-18(30)28-14(12-35-34)23(2,3)36-21(16)28/h5-9,12,14-16,21,34H,4,10-11H2,1-3H3,(H,24,29)(H,25,33)/q-1/p-1/t14-,15?,16?,21+/m0/s1. The third-order valence-corrected chi connectivity index (χ3v) is 8.19. The van der Waals surface area contributed by atoms with E-state index in [1.807, 2.05) is 13.8 Å². The van der Waals surface area contributed by atoms with Gasteiger partial charge in [0.15, 0.2) is 0 Å². The summed E-state index contributed by atoms with van der Waals surface area (Å²) in [5.74, 6) is -2.78. The van der Waals surface area contributed by atoms with E-state index in [0.29, 0.717) is 12.1 Å². The van der Waals surface area contributed by atoms with Gasteiger partial charge in [0.1, 0.15) is 17.5 Å². The smallest absolute Gasteiger partial charge is 0.325 e. The van der Waals surface area contributed by atoms with Crippen molar-refractivity contribution in [2.45, 2.75) is 49.0 Å². The zero-order chi connectivity index (χ0) is 26.2. The van der Waals surface area contributed by atoms with Crippen LogP contribution in [0, 0.1) is 6.61 Å². The van der Waals surface area contributed by atoms with Crippen molar-refractivity contribution in [3.05, 3.63) is 42.5 Å². The van der Waals surface area contributed by atoms with Crippen molar-refractivity contribution in [2.75, 3.05) is 19.6 Å². The zero-order valence-corrected chi connectivity index (χ0v) is 20.8. The van der Waals surface area contributed by atoms with Crippen LogP contribution in [-0.2, 0) is 24.1 Å². The van der Waals surface area contributed by atoms with Gasteiger partial charge in [0.25, 0.3) is 0 Å². The molecule has 13 heteroatoms. The van der Waals surface area contributed by atoms with E-state index < -0.39 is 52.0 Å². The van der Waals surface area contributed by atoms with E-state index in [0.717, 1.165) is 11.5 Å². The van der Waals surface area contributed by atoms with Crippen LogP contribution in [-0.4, -0.2) is 86.2 Å². The van der Waals surface area contributed by atoms with Gasteiger partial charge in [0, 0.05) is 24.4 Å². The molecule has 12 nitrogen and oxygen atoms in total. The number of β-lactam (4-membered cyclic amide) rings is 1. The lowest BCUT2D eigenvalue weighted by Crippen LogP contribution is -2.70. The molecule has 194 valence electrons. The second-order valence-electron chi connectivity index (χ2n) is 9.16. The van der Waals surface area contributed by atoms with Crippen LogP contribution >= 0.6 is 11.8 Å². The molecule has 3 aliphatic rings. The number of likely N-dealkylation sites (N-methyl/N-ethyl adjacent to an activating group) is 1. The highest BCUT2D eigenvalue weighted by Gasteiger charge is 2.59. The van der Waals surface area contributed by atoms with Gasteiger partial charge in [-0.2, -0.15) is 0 Å². The van der Waals surface area contributed by atoms with Crippen LogP contribution in [0.5, 0.6) is 0 Å². The Morgan fingerprint density at radius 2 is 1.89 bits per heavy atom. The molecule has 3 heterocycles. The molecule has 0 aromatic heterocycles. The van der Waals surface area contributed by atoms with E-state index >= 15 is 0 Å². The lowest BCUT2D eigenvalue weighted by atomic mass is 9.96. The number of hydrogen-bond donors (Lipinski definition) is 2. The fourth-order valence-corrected chi connectivity index (χ4v) is 6.19. The summed E-state index contributed by atoms with van der Waals surface area (Å²) in [7, 11) is 0. The van der Waals surface area contributed by atoms with E-state index in [1.54, 1.807) is 37.3 Å². The SMILES string of the molecule is CCN1CCN(C(=O)NC(C(=O)NC2C(=O)N3[C@@H]2SC(C)(C)[C@@H]3[CH-]O[O-])c2ccccc2)C(=O)C1=O. The van der Waals surface area contributed by atoms with Gasteiger partial charge in [-0.15, -0.1) is 11.8 Å². The third-order valence-electron chi connectivity index (χ3n) is 6.60. The minimum absolute atomic E-state index is 0.00306. The minimum atomic E-state index is -1.22. The number of fused-ring (bicyclic) bond motifs is 1. The molecule has 3 aliphatic heterocycles. The highest BCUT2D eigenvalue weighted by molar-refractivity contribution is 8.01. The number of nitrogens with one attached hydrogen (secondary N) is 2.